The van der Waals surface area contributed by atoms with Crippen LogP contribution in [0.25, 0.3) is 0 Å². The number of hydrogen-bond donors (Lipinski definition) is 1. The second-order valence-electron chi connectivity index (χ2n) is 7.35. The summed E-state index contributed by atoms with van der Waals surface area (Å²) in [5, 5.41) is 4.65. The van der Waals surface area contributed by atoms with Crippen molar-refractivity contribution in [2.24, 2.45) is 10.5 Å². The van der Waals surface area contributed by atoms with Crippen molar-refractivity contribution in [1.82, 2.24) is 5.43 Å². The molecule has 0 radical (unpaired) electrons. The van der Waals surface area contributed by atoms with E-state index in [1.165, 1.54) is 30.4 Å². The third kappa shape index (κ3) is 5.57. The highest BCUT2D eigenvalue weighted by molar-refractivity contribution is 6.30. The highest BCUT2D eigenvalue weighted by Gasteiger charge is 2.27. The molecule has 0 unspecified atom stereocenters. The van der Waals surface area contributed by atoms with Gasteiger partial charge in [-0.1, -0.05) is 42.7 Å². The topological polar surface area (TPSA) is 41.5 Å². The Morgan fingerprint density at radius 2 is 2.00 bits per heavy atom. The van der Waals surface area contributed by atoms with Crippen LogP contribution in [-0.2, 0) is 0 Å². The first-order valence-electron chi connectivity index (χ1n) is 8.74. The molecule has 0 spiro atoms. The molecule has 1 N–H and O–H groups in total. The van der Waals surface area contributed by atoms with Crippen LogP contribution in [0.2, 0.25) is 5.02 Å². The summed E-state index contributed by atoms with van der Waals surface area (Å²) < 4.78 is 0. The van der Waals surface area contributed by atoms with Gasteiger partial charge in [0.05, 0.1) is 0 Å². The number of amides is 1. The van der Waals surface area contributed by atoms with Gasteiger partial charge in [-0.2, -0.15) is 5.10 Å². The summed E-state index contributed by atoms with van der Waals surface area (Å²) in [5.74, 6) is -0.243. The maximum Gasteiger partial charge on any atom is 0.271 e. The zero-order valence-electron chi connectivity index (χ0n) is 15.5. The van der Waals surface area contributed by atoms with Crippen molar-refractivity contribution < 1.29 is 4.79 Å². The van der Waals surface area contributed by atoms with E-state index < -0.39 is 0 Å². The smallest absolute Gasteiger partial charge is 0.267 e. The Balaban J connectivity index is 1.93. The largest absolute Gasteiger partial charge is 0.271 e. The quantitative estimate of drug-likeness (QED) is 0.396. The number of hydrazone groups is 1. The molecule has 0 bridgehead atoms. The molecule has 0 saturated heterocycles. The molecule has 2 rings (SSSR count). The van der Waals surface area contributed by atoms with Gasteiger partial charge in [-0.25, -0.2) is 5.43 Å². The first-order chi connectivity index (χ1) is 11.8. The molecule has 1 aliphatic rings. The van der Waals surface area contributed by atoms with E-state index in [1.807, 2.05) is 6.92 Å². The average molecular weight is 359 g/mol. The van der Waals surface area contributed by atoms with E-state index in [-0.39, 0.29) is 11.3 Å². The zero-order chi connectivity index (χ0) is 18.4. The van der Waals surface area contributed by atoms with E-state index >= 15 is 0 Å². The minimum atomic E-state index is -0.243. The van der Waals surface area contributed by atoms with Crippen molar-refractivity contribution in [2.75, 3.05) is 0 Å². The molecule has 1 amide bonds. The van der Waals surface area contributed by atoms with Crippen molar-refractivity contribution in [2.45, 2.75) is 53.4 Å². The second kappa shape index (κ2) is 8.48. The van der Waals surface area contributed by atoms with Crippen molar-refractivity contribution in [3.05, 3.63) is 57.6 Å². The monoisotopic (exact) mass is 358 g/mol. The normalized spacial score (nSPS) is 17.9. The molecule has 0 saturated carbocycles. The fourth-order valence-electron chi connectivity index (χ4n) is 3.30. The van der Waals surface area contributed by atoms with Gasteiger partial charge in [-0.05, 0) is 74.8 Å². The maximum absolute atomic E-state index is 12.0. The van der Waals surface area contributed by atoms with Crippen LogP contribution in [0.5, 0.6) is 0 Å². The lowest BCUT2D eigenvalue weighted by Gasteiger charge is -2.34. The third-order valence-electron chi connectivity index (χ3n) is 4.85. The minimum absolute atomic E-state index is 0.243. The Hall–Kier alpha value is -1.87. The van der Waals surface area contributed by atoms with Crippen molar-refractivity contribution in [3.8, 4) is 0 Å². The van der Waals surface area contributed by atoms with Gasteiger partial charge < -0.3 is 0 Å². The van der Waals surface area contributed by atoms with E-state index in [4.69, 9.17) is 11.6 Å². The summed E-state index contributed by atoms with van der Waals surface area (Å²) in [6, 6.07) is 6.73. The van der Waals surface area contributed by atoms with Crippen LogP contribution < -0.4 is 5.43 Å². The standard InChI is InChI=1S/C21H27ClN2O/c1-15(7-12-19-16(2)6-5-13-21(19,3)4)14-23-24-20(25)17-8-10-18(22)11-9-17/h7-11,14H,5-6,12-13H2,1-4H3,(H,24,25)/b15-7-,23-14+. The van der Waals surface area contributed by atoms with Gasteiger partial charge >= 0.3 is 0 Å². The molecule has 0 aliphatic heterocycles. The predicted octanol–water partition coefficient (Wildman–Crippen LogP) is 5.92. The number of carbonyl (C=O) groups is 1. The second-order valence-corrected chi connectivity index (χ2v) is 7.79. The molecule has 1 aromatic carbocycles. The van der Waals surface area contributed by atoms with E-state index in [9.17, 15) is 4.79 Å². The first kappa shape index (κ1) is 19.5. The van der Waals surface area contributed by atoms with Gasteiger partial charge in [0.15, 0.2) is 0 Å². The SMILES string of the molecule is CC1=C(C/C=C(C)\C=N\NC(=O)c2ccc(Cl)cc2)C(C)(C)CCC1. The fraction of sp³-hybridized carbons (Fsp3) is 0.429. The Bertz CT molecular complexity index is 712. The molecule has 0 heterocycles. The molecule has 1 aromatic rings. The first-order valence-corrected chi connectivity index (χ1v) is 9.12. The van der Waals surface area contributed by atoms with Crippen molar-refractivity contribution in [3.63, 3.8) is 0 Å². The number of benzene rings is 1. The van der Waals surface area contributed by atoms with Gasteiger partial charge in [0, 0.05) is 16.8 Å². The van der Waals surface area contributed by atoms with Gasteiger partial charge in [0.2, 0.25) is 0 Å². The third-order valence-corrected chi connectivity index (χ3v) is 5.11. The molecule has 4 heteroatoms. The Kier molecular flexibility index (Phi) is 6.60. The Morgan fingerprint density at radius 3 is 2.64 bits per heavy atom. The Labute approximate surface area is 155 Å². The highest BCUT2D eigenvalue weighted by Crippen LogP contribution is 2.41. The number of nitrogens with one attached hydrogen (secondary N) is 1. The van der Waals surface area contributed by atoms with E-state index in [1.54, 1.807) is 30.5 Å². The van der Waals surface area contributed by atoms with Gasteiger partial charge in [-0.3, -0.25) is 4.79 Å². The van der Waals surface area contributed by atoms with Gasteiger partial charge in [0.25, 0.3) is 5.91 Å². The van der Waals surface area contributed by atoms with Crippen LogP contribution in [0, 0.1) is 5.41 Å². The summed E-state index contributed by atoms with van der Waals surface area (Å²) >= 11 is 5.82. The summed E-state index contributed by atoms with van der Waals surface area (Å²) in [4.78, 5) is 12.0. The number of halogens is 1. The van der Waals surface area contributed by atoms with Crippen molar-refractivity contribution >= 4 is 23.7 Å². The van der Waals surface area contributed by atoms with E-state index in [0.29, 0.717) is 10.6 Å². The number of nitrogens with zero attached hydrogens (tertiary/aromatic N) is 1. The lowest BCUT2D eigenvalue weighted by Crippen LogP contribution is -2.20. The molecular formula is C21H27ClN2O. The van der Waals surface area contributed by atoms with Crippen LogP contribution in [0.1, 0.15) is 63.7 Å². The summed E-state index contributed by atoms with van der Waals surface area (Å²) in [7, 11) is 0. The average Bonchev–Trinajstić information content (AvgIpc) is 2.54. The summed E-state index contributed by atoms with van der Waals surface area (Å²) in [5.41, 5.74) is 7.46. The van der Waals surface area contributed by atoms with Gasteiger partial charge in [0.1, 0.15) is 0 Å². The van der Waals surface area contributed by atoms with E-state index in [2.05, 4.69) is 37.4 Å². The molecular weight excluding hydrogens is 332 g/mol. The minimum Gasteiger partial charge on any atom is -0.267 e. The zero-order valence-corrected chi connectivity index (χ0v) is 16.3. The highest BCUT2D eigenvalue weighted by atomic mass is 35.5. The maximum atomic E-state index is 12.0. The van der Waals surface area contributed by atoms with E-state index in [0.717, 1.165) is 12.0 Å². The van der Waals surface area contributed by atoms with Crippen LogP contribution in [-0.4, -0.2) is 12.1 Å². The summed E-state index contributed by atoms with van der Waals surface area (Å²) in [6.45, 7) is 8.91. The molecule has 1 aliphatic carbocycles. The summed E-state index contributed by atoms with van der Waals surface area (Å²) in [6.07, 6.45) is 8.56. The molecule has 0 aromatic heterocycles. The fourth-order valence-corrected chi connectivity index (χ4v) is 3.43. The predicted molar refractivity (Wildman–Crippen MR) is 106 cm³/mol. The number of hydrogen-bond acceptors (Lipinski definition) is 2. The lowest BCUT2D eigenvalue weighted by atomic mass is 9.71. The van der Waals surface area contributed by atoms with Crippen LogP contribution >= 0.6 is 11.6 Å². The Morgan fingerprint density at radius 1 is 1.32 bits per heavy atom. The number of rotatable bonds is 5. The molecule has 0 fully saturated rings. The number of allylic oxidation sites excluding steroid dienone is 4. The van der Waals surface area contributed by atoms with Gasteiger partial charge in [-0.15, -0.1) is 0 Å². The molecule has 0 atom stereocenters. The van der Waals surface area contributed by atoms with Crippen LogP contribution in [0.4, 0.5) is 0 Å². The van der Waals surface area contributed by atoms with Crippen molar-refractivity contribution in [1.29, 1.82) is 0 Å². The van der Waals surface area contributed by atoms with Crippen LogP contribution in [0.3, 0.4) is 0 Å². The lowest BCUT2D eigenvalue weighted by molar-refractivity contribution is 0.0955. The number of carbonyl (C=O) groups excluding carboxylic acids is 1. The van der Waals surface area contributed by atoms with Crippen LogP contribution in [0.15, 0.2) is 52.2 Å². The molecule has 134 valence electrons. The molecule has 3 nitrogen and oxygen atoms in total. The molecule has 25 heavy (non-hydrogen) atoms.